The van der Waals surface area contributed by atoms with E-state index in [0.29, 0.717) is 17.8 Å². The van der Waals surface area contributed by atoms with E-state index in [1.54, 1.807) is 13.2 Å². The van der Waals surface area contributed by atoms with Gasteiger partial charge in [0.15, 0.2) is 5.60 Å². The quantitative estimate of drug-likeness (QED) is 0.595. The molecule has 1 saturated heterocycles. The van der Waals surface area contributed by atoms with Crippen LogP contribution in [0.2, 0.25) is 0 Å². The number of hydrogen-bond donors (Lipinski definition) is 1. The van der Waals surface area contributed by atoms with Gasteiger partial charge in [0, 0.05) is 12.7 Å². The van der Waals surface area contributed by atoms with Gasteiger partial charge in [-0.3, -0.25) is 0 Å². The van der Waals surface area contributed by atoms with E-state index in [9.17, 15) is 5.11 Å². The minimum Gasteiger partial charge on any atom is -0.508 e. The molecule has 6 rings (SSSR count). The van der Waals surface area contributed by atoms with Gasteiger partial charge in [0.2, 0.25) is 0 Å². The lowest BCUT2D eigenvalue weighted by atomic mass is 9.47. The van der Waals surface area contributed by atoms with Crippen molar-refractivity contribution < 1.29 is 19.6 Å². The summed E-state index contributed by atoms with van der Waals surface area (Å²) in [4.78, 5) is 12.1. The first-order valence-electron chi connectivity index (χ1n) is 11.8. The minimum atomic E-state index is -0.891. The maximum atomic E-state index is 10.4. The average Bonchev–Trinajstić information content (AvgIpc) is 2.67. The number of aromatic hydroxyl groups is 1. The first kappa shape index (κ1) is 19.8. The van der Waals surface area contributed by atoms with Gasteiger partial charge in [-0.05, 0) is 92.2 Å². The molecule has 0 aromatic heterocycles. The van der Waals surface area contributed by atoms with Crippen molar-refractivity contribution in [3.63, 3.8) is 0 Å². The predicted molar refractivity (Wildman–Crippen MR) is 111 cm³/mol. The van der Waals surface area contributed by atoms with Gasteiger partial charge in [0.1, 0.15) is 5.75 Å². The maximum Gasteiger partial charge on any atom is 0.261 e. The molecule has 29 heavy (non-hydrogen) atoms. The Balaban J connectivity index is 1.51. The fourth-order valence-corrected chi connectivity index (χ4v) is 7.46. The van der Waals surface area contributed by atoms with Crippen LogP contribution in [0.5, 0.6) is 5.75 Å². The normalized spacial score (nSPS) is 40.9. The average molecular weight is 401 g/mol. The summed E-state index contributed by atoms with van der Waals surface area (Å²) < 4.78 is 6.23. The maximum absolute atomic E-state index is 10.4. The summed E-state index contributed by atoms with van der Waals surface area (Å²) in [5.41, 5.74) is 1.82. The monoisotopic (exact) mass is 400 g/mol. The van der Waals surface area contributed by atoms with Crippen LogP contribution in [0.3, 0.4) is 0 Å². The van der Waals surface area contributed by atoms with Gasteiger partial charge in [-0.15, -0.1) is 0 Å². The molecule has 4 aliphatic carbocycles. The summed E-state index contributed by atoms with van der Waals surface area (Å²) in [6.45, 7) is 4.58. The number of hydrogen-bond acceptors (Lipinski definition) is 4. The molecule has 5 fully saturated rings. The zero-order chi connectivity index (χ0) is 20.2. The molecule has 1 aromatic carbocycles. The molecule has 4 saturated carbocycles. The number of methoxy groups -OCH3 is 1. The molecular formula is C25H36O4. The topological polar surface area (TPSA) is 47.9 Å². The highest BCUT2D eigenvalue weighted by Gasteiger charge is 2.76. The Morgan fingerprint density at radius 2 is 1.76 bits per heavy atom. The number of ether oxygens (including phenoxy) is 1. The largest absolute Gasteiger partial charge is 0.508 e. The molecule has 1 N–H and O–H groups in total. The molecule has 1 aromatic rings. The van der Waals surface area contributed by atoms with Crippen LogP contribution in [-0.4, -0.2) is 17.8 Å². The van der Waals surface area contributed by atoms with Crippen molar-refractivity contribution >= 4 is 0 Å². The summed E-state index contributed by atoms with van der Waals surface area (Å²) in [6, 6.07) is 5.74. The molecule has 4 heteroatoms. The number of phenols is 1. The van der Waals surface area contributed by atoms with E-state index >= 15 is 0 Å². The van der Waals surface area contributed by atoms with Crippen LogP contribution >= 0.6 is 0 Å². The third-order valence-corrected chi connectivity index (χ3v) is 8.59. The van der Waals surface area contributed by atoms with E-state index in [4.69, 9.17) is 14.5 Å². The SMILES string of the molecule is CCC[C@H](C)CCc1ccc(O)cc1C1(OC)OOC12C1CC3CC(C1)CC2C3. The van der Waals surface area contributed by atoms with Crippen LogP contribution in [0.15, 0.2) is 18.2 Å². The third-order valence-electron chi connectivity index (χ3n) is 8.59. The van der Waals surface area contributed by atoms with Crippen molar-refractivity contribution in [3.8, 4) is 5.75 Å². The third kappa shape index (κ3) is 2.82. The number of rotatable bonds is 7. The van der Waals surface area contributed by atoms with Crippen molar-refractivity contribution in [2.45, 2.75) is 83.0 Å². The van der Waals surface area contributed by atoms with E-state index in [1.807, 2.05) is 6.07 Å². The van der Waals surface area contributed by atoms with Crippen molar-refractivity contribution in [3.05, 3.63) is 29.3 Å². The van der Waals surface area contributed by atoms with Gasteiger partial charge in [-0.25, -0.2) is 4.89 Å². The van der Waals surface area contributed by atoms with Crippen LogP contribution in [0, 0.1) is 29.6 Å². The van der Waals surface area contributed by atoms with E-state index in [1.165, 1.54) is 50.5 Å². The molecule has 4 nitrogen and oxygen atoms in total. The summed E-state index contributed by atoms with van der Waals surface area (Å²) in [7, 11) is 1.75. The lowest BCUT2D eigenvalue weighted by Crippen LogP contribution is -2.76. The molecule has 1 spiro atoms. The van der Waals surface area contributed by atoms with E-state index in [-0.39, 0.29) is 5.75 Å². The molecule has 0 radical (unpaired) electrons. The number of phenolic OH excluding ortho intramolecular Hbond substituents is 1. The standard InChI is InChI=1S/C25H36O4/c1-4-5-16(2)6-7-19-8-9-22(26)15-23(19)25(27-3)24(28-29-25)20-11-17-10-18(13-20)14-21(24)12-17/h8-9,15-18,20-21,26H,4-7,10-14H2,1-3H3/t16-,17?,18?,20?,21?,24?,25?/m0/s1. The molecule has 2 atom stereocenters. The van der Waals surface area contributed by atoms with E-state index < -0.39 is 11.4 Å². The van der Waals surface area contributed by atoms with Gasteiger partial charge >= 0.3 is 0 Å². The van der Waals surface area contributed by atoms with Gasteiger partial charge < -0.3 is 9.84 Å². The summed E-state index contributed by atoms with van der Waals surface area (Å²) >= 11 is 0. The number of benzene rings is 1. The Bertz CT molecular complexity index is 727. The highest BCUT2D eigenvalue weighted by atomic mass is 17.3. The van der Waals surface area contributed by atoms with Crippen molar-refractivity contribution in [1.82, 2.24) is 0 Å². The Morgan fingerprint density at radius 1 is 1.07 bits per heavy atom. The molecule has 0 amide bonds. The molecule has 160 valence electrons. The van der Waals surface area contributed by atoms with Crippen molar-refractivity contribution in [2.75, 3.05) is 7.11 Å². The Labute approximate surface area is 174 Å². The molecule has 5 aliphatic rings. The minimum absolute atomic E-state index is 0.274. The van der Waals surface area contributed by atoms with Crippen molar-refractivity contribution in [2.24, 2.45) is 29.6 Å². The summed E-state index contributed by atoms with van der Waals surface area (Å²) in [5.74, 6) is 2.74. The highest BCUT2D eigenvalue weighted by Crippen LogP contribution is 2.69. The van der Waals surface area contributed by atoms with Crippen LogP contribution < -0.4 is 0 Å². The van der Waals surface area contributed by atoms with Gasteiger partial charge in [-0.1, -0.05) is 32.8 Å². The van der Waals surface area contributed by atoms with Gasteiger partial charge in [0.05, 0.1) is 0 Å². The summed E-state index contributed by atoms with van der Waals surface area (Å²) in [6.07, 6.45) is 10.9. The van der Waals surface area contributed by atoms with E-state index in [0.717, 1.165) is 30.2 Å². The van der Waals surface area contributed by atoms with Gasteiger partial charge in [0.25, 0.3) is 5.79 Å². The Kier molecular flexibility index (Phi) is 4.96. The molecule has 4 bridgehead atoms. The second kappa shape index (κ2) is 7.25. The van der Waals surface area contributed by atoms with Crippen LogP contribution in [0.25, 0.3) is 0 Å². The zero-order valence-corrected chi connectivity index (χ0v) is 18.2. The molecule has 1 unspecified atom stereocenters. The first-order valence-corrected chi connectivity index (χ1v) is 11.8. The smallest absolute Gasteiger partial charge is 0.261 e. The van der Waals surface area contributed by atoms with Crippen LogP contribution in [0.4, 0.5) is 0 Å². The van der Waals surface area contributed by atoms with Crippen LogP contribution in [-0.2, 0) is 26.7 Å². The molecule has 1 aliphatic heterocycles. The second-order valence-corrected chi connectivity index (χ2v) is 10.4. The van der Waals surface area contributed by atoms with E-state index in [2.05, 4.69) is 19.9 Å². The molecule has 1 heterocycles. The summed E-state index contributed by atoms with van der Waals surface area (Å²) in [5, 5.41) is 10.4. The van der Waals surface area contributed by atoms with Crippen LogP contribution in [0.1, 0.15) is 76.3 Å². The Hall–Kier alpha value is -1.10. The fraction of sp³-hybridized carbons (Fsp3) is 0.760. The lowest BCUT2D eigenvalue weighted by Gasteiger charge is -2.68. The highest BCUT2D eigenvalue weighted by molar-refractivity contribution is 5.41. The first-order chi connectivity index (χ1) is 14.0. The second-order valence-electron chi connectivity index (χ2n) is 10.4. The lowest BCUT2D eigenvalue weighted by molar-refractivity contribution is -0.645. The number of aryl methyl sites for hydroxylation is 1. The van der Waals surface area contributed by atoms with Gasteiger partial charge in [-0.2, -0.15) is 4.89 Å². The zero-order valence-electron chi connectivity index (χ0n) is 18.2. The molecular weight excluding hydrogens is 364 g/mol. The Morgan fingerprint density at radius 3 is 2.31 bits per heavy atom. The predicted octanol–water partition coefficient (Wildman–Crippen LogP) is 5.72. The van der Waals surface area contributed by atoms with Crippen molar-refractivity contribution in [1.29, 1.82) is 0 Å². The fourth-order valence-electron chi connectivity index (χ4n) is 7.46.